The van der Waals surface area contributed by atoms with E-state index in [1.807, 2.05) is 23.1 Å². The van der Waals surface area contributed by atoms with Gasteiger partial charge in [0, 0.05) is 32.0 Å². The van der Waals surface area contributed by atoms with Crippen LogP contribution in [-0.2, 0) is 16.0 Å². The normalized spacial score (nSPS) is 22.8. The second kappa shape index (κ2) is 8.13. The summed E-state index contributed by atoms with van der Waals surface area (Å²) in [4.78, 5) is 26.3. The Balaban J connectivity index is 1.38. The van der Waals surface area contributed by atoms with Crippen molar-refractivity contribution in [2.45, 2.75) is 44.6 Å². The molecule has 4 nitrogen and oxygen atoms in total. The average Bonchev–Trinajstić information content (AvgIpc) is 3.25. The Morgan fingerprint density at radius 1 is 1.17 bits per heavy atom. The van der Waals surface area contributed by atoms with Crippen LogP contribution in [0.1, 0.15) is 37.7 Å². The minimum Gasteiger partial charge on any atom is -0.352 e. The number of carbonyl (C=O) groups is 2. The molecule has 24 heavy (non-hydrogen) atoms. The van der Waals surface area contributed by atoms with Crippen molar-refractivity contribution in [3.05, 3.63) is 48.0 Å². The summed E-state index contributed by atoms with van der Waals surface area (Å²) in [5.41, 5.74) is 1.19. The predicted octanol–water partition coefficient (Wildman–Crippen LogP) is 2.69. The highest BCUT2D eigenvalue weighted by Crippen LogP contribution is 2.20. The third-order valence-corrected chi connectivity index (χ3v) is 4.94. The quantitative estimate of drug-likeness (QED) is 0.817. The molecule has 1 N–H and O–H groups in total. The van der Waals surface area contributed by atoms with E-state index in [0.717, 1.165) is 32.2 Å². The Morgan fingerprint density at radius 3 is 2.75 bits per heavy atom. The molecule has 1 fully saturated rings. The van der Waals surface area contributed by atoms with Gasteiger partial charge in [-0.1, -0.05) is 42.5 Å². The standard InChI is InChI=1S/C20H26N2O2/c23-19(14-17-8-4-5-9-17)21-18-12-13-22(15-18)20(24)11-10-16-6-2-1-3-7-16/h1-4,6-8,17-18H,5,9-15H2,(H,21,23)/t17-,18+/m1/s1. The first-order valence-corrected chi connectivity index (χ1v) is 8.98. The first-order valence-electron chi connectivity index (χ1n) is 8.98. The lowest BCUT2D eigenvalue weighted by atomic mass is 10.0. The van der Waals surface area contributed by atoms with Crippen molar-refractivity contribution in [2.75, 3.05) is 13.1 Å². The van der Waals surface area contributed by atoms with Crippen LogP contribution in [0.3, 0.4) is 0 Å². The first kappa shape index (κ1) is 16.7. The number of likely N-dealkylation sites (tertiary alicyclic amines) is 1. The summed E-state index contributed by atoms with van der Waals surface area (Å²) in [6, 6.07) is 10.2. The SMILES string of the molecule is O=C(C[C@@H]1C=CCC1)N[C@H]1CCN(C(=O)CCc2ccccc2)C1. The van der Waals surface area contributed by atoms with Gasteiger partial charge in [0.25, 0.3) is 0 Å². The maximum atomic E-state index is 12.3. The lowest BCUT2D eigenvalue weighted by Gasteiger charge is -2.18. The molecule has 1 aliphatic heterocycles. The number of rotatable bonds is 6. The third-order valence-electron chi connectivity index (χ3n) is 4.94. The van der Waals surface area contributed by atoms with E-state index in [1.54, 1.807) is 0 Å². The van der Waals surface area contributed by atoms with Gasteiger partial charge in [-0.15, -0.1) is 0 Å². The number of carbonyl (C=O) groups excluding carboxylic acids is 2. The van der Waals surface area contributed by atoms with Crippen LogP contribution < -0.4 is 5.32 Å². The summed E-state index contributed by atoms with van der Waals surface area (Å²) in [5, 5.41) is 3.10. The molecule has 0 aromatic heterocycles. The van der Waals surface area contributed by atoms with Crippen molar-refractivity contribution < 1.29 is 9.59 Å². The molecule has 4 heteroatoms. The van der Waals surface area contributed by atoms with Crippen molar-refractivity contribution in [1.82, 2.24) is 10.2 Å². The zero-order valence-electron chi connectivity index (χ0n) is 14.1. The molecule has 1 aromatic rings. The summed E-state index contributed by atoms with van der Waals surface area (Å²) in [7, 11) is 0. The van der Waals surface area contributed by atoms with Crippen molar-refractivity contribution >= 4 is 11.8 Å². The Morgan fingerprint density at radius 2 is 2.00 bits per heavy atom. The predicted molar refractivity (Wildman–Crippen MR) is 94.4 cm³/mol. The fraction of sp³-hybridized carbons (Fsp3) is 0.500. The topological polar surface area (TPSA) is 49.4 Å². The van der Waals surface area contributed by atoms with Crippen LogP contribution in [0.5, 0.6) is 0 Å². The lowest BCUT2D eigenvalue weighted by Crippen LogP contribution is -2.39. The minimum atomic E-state index is 0.114. The average molecular weight is 326 g/mol. The molecule has 0 unspecified atom stereocenters. The summed E-state index contributed by atoms with van der Waals surface area (Å²) < 4.78 is 0. The number of allylic oxidation sites excluding steroid dienone is 2. The molecule has 2 amide bonds. The number of nitrogens with zero attached hydrogens (tertiary/aromatic N) is 1. The van der Waals surface area contributed by atoms with Gasteiger partial charge in [-0.25, -0.2) is 0 Å². The van der Waals surface area contributed by atoms with Gasteiger partial charge in [-0.05, 0) is 37.2 Å². The molecule has 0 spiro atoms. The summed E-state index contributed by atoms with van der Waals surface area (Å²) in [6.45, 7) is 1.40. The van der Waals surface area contributed by atoms with Crippen LogP contribution in [0.2, 0.25) is 0 Å². The number of hydrogen-bond donors (Lipinski definition) is 1. The Labute approximate surface area is 143 Å². The highest BCUT2D eigenvalue weighted by molar-refractivity contribution is 5.78. The zero-order chi connectivity index (χ0) is 16.8. The Kier molecular flexibility index (Phi) is 5.68. The van der Waals surface area contributed by atoms with Gasteiger partial charge in [0.2, 0.25) is 11.8 Å². The molecule has 2 aliphatic rings. The number of amides is 2. The van der Waals surface area contributed by atoms with Crippen LogP contribution in [0.4, 0.5) is 0 Å². The number of benzene rings is 1. The van der Waals surface area contributed by atoms with E-state index >= 15 is 0 Å². The molecule has 1 heterocycles. The second-order valence-corrected chi connectivity index (χ2v) is 6.85. The summed E-state index contributed by atoms with van der Waals surface area (Å²) >= 11 is 0. The molecule has 128 valence electrons. The van der Waals surface area contributed by atoms with Crippen molar-refractivity contribution in [3.63, 3.8) is 0 Å². The molecule has 1 aromatic carbocycles. The summed E-state index contributed by atoms with van der Waals surface area (Å²) in [5.74, 6) is 0.708. The molecule has 2 atom stereocenters. The number of hydrogen-bond acceptors (Lipinski definition) is 2. The maximum Gasteiger partial charge on any atom is 0.222 e. The molecule has 0 saturated carbocycles. The van der Waals surface area contributed by atoms with Gasteiger partial charge < -0.3 is 10.2 Å². The summed E-state index contributed by atoms with van der Waals surface area (Å²) in [6.07, 6.45) is 9.23. The van der Waals surface area contributed by atoms with Gasteiger partial charge >= 0.3 is 0 Å². The molecule has 3 rings (SSSR count). The fourth-order valence-corrected chi connectivity index (χ4v) is 3.55. The Bertz CT molecular complexity index is 597. The van der Waals surface area contributed by atoms with Crippen LogP contribution >= 0.6 is 0 Å². The van der Waals surface area contributed by atoms with Crippen LogP contribution in [0, 0.1) is 5.92 Å². The van der Waals surface area contributed by atoms with Crippen LogP contribution in [-0.4, -0.2) is 35.8 Å². The fourth-order valence-electron chi connectivity index (χ4n) is 3.55. The van der Waals surface area contributed by atoms with Crippen molar-refractivity contribution in [2.24, 2.45) is 5.92 Å². The molecule has 1 aliphatic carbocycles. The van der Waals surface area contributed by atoms with E-state index in [1.165, 1.54) is 5.56 Å². The number of aryl methyl sites for hydroxylation is 1. The van der Waals surface area contributed by atoms with Gasteiger partial charge in [0.05, 0.1) is 0 Å². The smallest absolute Gasteiger partial charge is 0.222 e. The zero-order valence-corrected chi connectivity index (χ0v) is 14.1. The van der Waals surface area contributed by atoms with E-state index in [9.17, 15) is 9.59 Å². The number of nitrogens with one attached hydrogen (secondary N) is 1. The van der Waals surface area contributed by atoms with E-state index in [-0.39, 0.29) is 17.9 Å². The van der Waals surface area contributed by atoms with Crippen LogP contribution in [0.25, 0.3) is 0 Å². The van der Waals surface area contributed by atoms with Gasteiger partial charge in [0.15, 0.2) is 0 Å². The third kappa shape index (κ3) is 4.70. The molecular formula is C20H26N2O2. The lowest BCUT2D eigenvalue weighted by molar-refractivity contribution is -0.130. The Hall–Kier alpha value is -2.10. The van der Waals surface area contributed by atoms with Crippen molar-refractivity contribution in [1.29, 1.82) is 0 Å². The second-order valence-electron chi connectivity index (χ2n) is 6.85. The largest absolute Gasteiger partial charge is 0.352 e. The van der Waals surface area contributed by atoms with E-state index in [2.05, 4.69) is 29.6 Å². The van der Waals surface area contributed by atoms with Gasteiger partial charge in [0.1, 0.15) is 0 Å². The van der Waals surface area contributed by atoms with Gasteiger partial charge in [-0.3, -0.25) is 9.59 Å². The molecule has 0 bridgehead atoms. The highest BCUT2D eigenvalue weighted by Gasteiger charge is 2.27. The highest BCUT2D eigenvalue weighted by atomic mass is 16.2. The van der Waals surface area contributed by atoms with Gasteiger partial charge in [-0.2, -0.15) is 0 Å². The first-order chi connectivity index (χ1) is 11.7. The van der Waals surface area contributed by atoms with Crippen molar-refractivity contribution in [3.8, 4) is 0 Å². The van der Waals surface area contributed by atoms with E-state index in [4.69, 9.17) is 0 Å². The maximum absolute atomic E-state index is 12.3. The van der Waals surface area contributed by atoms with Crippen LogP contribution in [0.15, 0.2) is 42.5 Å². The van der Waals surface area contributed by atoms with E-state index < -0.39 is 0 Å². The monoisotopic (exact) mass is 326 g/mol. The van der Waals surface area contributed by atoms with E-state index in [0.29, 0.717) is 25.3 Å². The minimum absolute atomic E-state index is 0.114. The molecule has 1 saturated heterocycles. The molecular weight excluding hydrogens is 300 g/mol. The molecule has 0 radical (unpaired) electrons.